The van der Waals surface area contributed by atoms with Gasteiger partial charge in [-0.3, -0.25) is 14.6 Å². The number of halogens is 3. The smallest absolute Gasteiger partial charge is 0.322 e. The summed E-state index contributed by atoms with van der Waals surface area (Å²) in [6.07, 6.45) is 0.686. The predicted molar refractivity (Wildman–Crippen MR) is 154 cm³/mol. The molecular weight excluding hydrogens is 540 g/mol. The van der Waals surface area contributed by atoms with E-state index in [0.717, 1.165) is 40.1 Å². The molecule has 1 amide bonds. The van der Waals surface area contributed by atoms with Crippen molar-refractivity contribution >= 4 is 42.0 Å². The molecule has 0 saturated heterocycles. The number of rotatable bonds is 7. The zero-order valence-electron chi connectivity index (χ0n) is 22.6. The highest BCUT2D eigenvalue weighted by Crippen LogP contribution is 2.39. The summed E-state index contributed by atoms with van der Waals surface area (Å²) < 4.78 is 27.0. The minimum atomic E-state index is -1.33. The third-order valence-corrected chi connectivity index (χ3v) is 5.67. The van der Waals surface area contributed by atoms with Gasteiger partial charge in [0.2, 0.25) is 0 Å². The summed E-state index contributed by atoms with van der Waals surface area (Å²) in [7, 11) is 0. The number of hydrogen-bond acceptors (Lipinski definition) is 5. The Morgan fingerprint density at radius 2 is 1.73 bits per heavy atom. The summed E-state index contributed by atoms with van der Waals surface area (Å²) in [5, 5.41) is 28.8. The Kier molecular flexibility index (Phi) is 13.4. The van der Waals surface area contributed by atoms with Gasteiger partial charge in [0.15, 0.2) is 0 Å². The lowest BCUT2D eigenvalue weighted by Gasteiger charge is -2.12. The molecule has 210 valence electrons. The maximum Gasteiger partial charge on any atom is 0.322 e. The number of aryl methyl sites for hydroxylation is 1. The van der Waals surface area contributed by atoms with E-state index in [9.17, 15) is 18.4 Å². The van der Waals surface area contributed by atoms with Gasteiger partial charge in [-0.2, -0.15) is 5.26 Å². The summed E-state index contributed by atoms with van der Waals surface area (Å²) >= 11 is 6.27. The fourth-order valence-electron chi connectivity index (χ4n) is 3.45. The fraction of sp³-hybridized carbons (Fsp3) is 0.200. The molecule has 3 aromatic rings. The van der Waals surface area contributed by atoms with Gasteiger partial charge in [0.1, 0.15) is 23.7 Å². The Balaban J connectivity index is 0.000000379. The molecule has 0 aliphatic heterocycles. The van der Waals surface area contributed by atoms with Gasteiger partial charge in [-0.25, -0.2) is 8.78 Å². The van der Waals surface area contributed by atoms with Crippen LogP contribution in [-0.2, 0) is 4.79 Å². The first-order valence-corrected chi connectivity index (χ1v) is 12.4. The number of aliphatic hydroxyl groups excluding tert-OH is 1. The van der Waals surface area contributed by atoms with Gasteiger partial charge in [-0.1, -0.05) is 56.3 Å². The van der Waals surface area contributed by atoms with Crippen LogP contribution in [0.15, 0.2) is 54.0 Å². The summed E-state index contributed by atoms with van der Waals surface area (Å²) in [6, 6.07) is 12.9. The van der Waals surface area contributed by atoms with Gasteiger partial charge in [-0.05, 0) is 56.0 Å². The minimum Gasteiger partial charge on any atom is -0.480 e. The summed E-state index contributed by atoms with van der Waals surface area (Å²) in [5.74, 6) is -4.81. The van der Waals surface area contributed by atoms with E-state index in [0.29, 0.717) is 10.6 Å². The van der Waals surface area contributed by atoms with Crippen LogP contribution in [0.2, 0.25) is 5.02 Å². The molecule has 0 radical (unpaired) electrons. The van der Waals surface area contributed by atoms with E-state index in [1.165, 1.54) is 6.92 Å². The SMILES string of the molecule is C=Cc1c(C)ccc(-c2ccc(C#N)cc2Cl)c1N=C.CC.CC(O)c1cc(F)c(C(=O)NCC(=O)O)c(F)c1. The van der Waals surface area contributed by atoms with Crippen molar-refractivity contribution in [1.29, 1.82) is 5.26 Å². The van der Waals surface area contributed by atoms with Crippen molar-refractivity contribution in [2.75, 3.05) is 6.54 Å². The number of amides is 1. The van der Waals surface area contributed by atoms with Crippen molar-refractivity contribution in [2.24, 2.45) is 4.99 Å². The van der Waals surface area contributed by atoms with Crippen LogP contribution in [-0.4, -0.2) is 35.4 Å². The number of aliphatic carboxylic acids is 1. The highest BCUT2D eigenvalue weighted by atomic mass is 35.5. The molecule has 0 spiro atoms. The molecule has 40 heavy (non-hydrogen) atoms. The Morgan fingerprint density at radius 3 is 2.17 bits per heavy atom. The number of carbonyl (C=O) groups is 2. The lowest BCUT2D eigenvalue weighted by atomic mass is 9.96. The summed E-state index contributed by atoms with van der Waals surface area (Å²) in [5.41, 5.74) is 4.13. The lowest BCUT2D eigenvalue weighted by Crippen LogP contribution is -2.30. The first kappa shape index (κ1) is 33.6. The van der Waals surface area contributed by atoms with Gasteiger partial charge in [-0.15, -0.1) is 0 Å². The molecular formula is C30H30ClF2N3O4. The van der Waals surface area contributed by atoms with Crippen molar-refractivity contribution < 1.29 is 28.6 Å². The van der Waals surface area contributed by atoms with Crippen LogP contribution in [0.4, 0.5) is 14.5 Å². The minimum absolute atomic E-state index is 0.0141. The Labute approximate surface area is 237 Å². The van der Waals surface area contributed by atoms with E-state index in [1.54, 1.807) is 18.2 Å². The molecule has 3 aromatic carbocycles. The molecule has 1 atom stereocenters. The number of nitrogens with one attached hydrogen (secondary N) is 1. The van der Waals surface area contributed by atoms with Crippen molar-refractivity contribution in [3.8, 4) is 17.2 Å². The highest BCUT2D eigenvalue weighted by Gasteiger charge is 2.20. The van der Waals surface area contributed by atoms with Gasteiger partial charge < -0.3 is 15.5 Å². The van der Waals surface area contributed by atoms with E-state index in [4.69, 9.17) is 27.1 Å². The van der Waals surface area contributed by atoms with E-state index < -0.39 is 41.7 Å². The number of nitriles is 1. The number of carboxylic acids is 1. The number of aliphatic hydroxyl groups is 1. The molecule has 0 aliphatic rings. The molecule has 0 aromatic heterocycles. The molecule has 0 heterocycles. The molecule has 0 saturated carbocycles. The summed E-state index contributed by atoms with van der Waals surface area (Å²) in [4.78, 5) is 25.7. The van der Waals surface area contributed by atoms with Crippen LogP contribution < -0.4 is 5.32 Å². The Hall–Kier alpha value is -4.39. The van der Waals surface area contributed by atoms with Crippen LogP contribution >= 0.6 is 11.6 Å². The number of benzene rings is 3. The molecule has 3 N–H and O–H groups in total. The molecule has 0 aliphatic carbocycles. The second-order valence-corrected chi connectivity index (χ2v) is 8.38. The van der Waals surface area contributed by atoms with Crippen LogP contribution in [0.25, 0.3) is 17.2 Å². The van der Waals surface area contributed by atoms with Crippen LogP contribution in [0.5, 0.6) is 0 Å². The van der Waals surface area contributed by atoms with E-state index in [-0.39, 0.29) is 5.56 Å². The largest absolute Gasteiger partial charge is 0.480 e. The Morgan fingerprint density at radius 1 is 1.15 bits per heavy atom. The first-order valence-electron chi connectivity index (χ1n) is 12.0. The molecule has 10 heteroatoms. The number of carbonyl (C=O) groups excluding carboxylic acids is 1. The van der Waals surface area contributed by atoms with E-state index in [1.807, 2.05) is 44.3 Å². The number of carboxylic acid groups (broad SMARTS) is 1. The quantitative estimate of drug-likeness (QED) is 0.264. The third kappa shape index (κ3) is 8.56. The van der Waals surface area contributed by atoms with Crippen molar-refractivity contribution in [1.82, 2.24) is 5.32 Å². The van der Waals surface area contributed by atoms with Gasteiger partial charge in [0.25, 0.3) is 5.91 Å². The van der Waals surface area contributed by atoms with E-state index >= 15 is 0 Å². The van der Waals surface area contributed by atoms with Gasteiger partial charge >= 0.3 is 5.97 Å². The van der Waals surface area contributed by atoms with Crippen LogP contribution in [0.3, 0.4) is 0 Å². The third-order valence-electron chi connectivity index (χ3n) is 5.36. The van der Waals surface area contributed by atoms with Crippen molar-refractivity contribution in [3.63, 3.8) is 0 Å². The van der Waals surface area contributed by atoms with Crippen LogP contribution in [0, 0.1) is 29.9 Å². The predicted octanol–water partition coefficient (Wildman–Crippen LogP) is 7.02. The average Bonchev–Trinajstić information content (AvgIpc) is 2.92. The van der Waals surface area contributed by atoms with Gasteiger partial charge in [0.05, 0.1) is 23.4 Å². The molecule has 1 unspecified atom stereocenters. The number of aliphatic imine (C=N–C) groups is 1. The molecule has 3 rings (SSSR count). The first-order chi connectivity index (χ1) is 18.9. The molecule has 0 bridgehead atoms. The normalized spacial score (nSPS) is 10.5. The number of nitrogens with zero attached hydrogens (tertiary/aromatic N) is 2. The maximum absolute atomic E-state index is 13.5. The highest BCUT2D eigenvalue weighted by molar-refractivity contribution is 6.33. The number of hydrogen-bond donors (Lipinski definition) is 3. The second kappa shape index (κ2) is 15.9. The maximum atomic E-state index is 13.5. The molecule has 7 nitrogen and oxygen atoms in total. The van der Waals surface area contributed by atoms with Crippen molar-refractivity contribution in [2.45, 2.75) is 33.8 Å². The zero-order chi connectivity index (χ0) is 30.6. The second-order valence-electron chi connectivity index (χ2n) is 7.97. The standard InChI is InChI=1S/C17H13ClN2.C11H11F2NO4.C2H6/c1-4-13-11(2)5-7-15(17(13)20-3)14-8-6-12(10-19)9-16(14)18;1-5(15)6-2-7(12)10(8(13)3-6)11(18)14-4-9(16)17;1-2/h4-9H,1,3H2,2H3;2-3,5,15H,4H2,1H3,(H,14,18)(H,16,17);1-2H3. The fourth-order valence-corrected chi connectivity index (χ4v) is 3.73. The monoisotopic (exact) mass is 569 g/mol. The van der Waals surface area contributed by atoms with E-state index in [2.05, 4.69) is 24.4 Å². The Bertz CT molecular complexity index is 1430. The topological polar surface area (TPSA) is 123 Å². The van der Waals surface area contributed by atoms with Crippen molar-refractivity contribution in [3.05, 3.63) is 93.5 Å². The van der Waals surface area contributed by atoms with Gasteiger partial charge in [0, 0.05) is 21.7 Å². The average molecular weight is 570 g/mol. The lowest BCUT2D eigenvalue weighted by molar-refractivity contribution is -0.135. The zero-order valence-corrected chi connectivity index (χ0v) is 23.3. The molecule has 0 fully saturated rings. The summed E-state index contributed by atoms with van der Waals surface area (Å²) in [6.45, 7) is 14.0. The van der Waals surface area contributed by atoms with Crippen LogP contribution in [0.1, 0.15) is 59.5 Å².